The summed E-state index contributed by atoms with van der Waals surface area (Å²) in [6, 6.07) is 60.1. The molecule has 0 amide bonds. The van der Waals surface area contributed by atoms with Gasteiger partial charge in [-0.1, -0.05) is 148 Å². The molecule has 4 aliphatic rings. The Morgan fingerprint density at radius 1 is 0.328 bits per heavy atom. The second-order valence-electron chi connectivity index (χ2n) is 16.6. The van der Waals surface area contributed by atoms with Crippen molar-refractivity contribution in [1.82, 2.24) is 0 Å². The zero-order valence-electron chi connectivity index (χ0n) is 33.6. The first-order chi connectivity index (χ1) is 31.7. The Kier molecular flexibility index (Phi) is 7.68. The number of furan rings is 2. The lowest BCUT2D eigenvalue weighted by molar-refractivity contribution is 0.482. The molecule has 4 aliphatic heterocycles. The van der Waals surface area contributed by atoms with Gasteiger partial charge in [-0.3, -0.25) is 0 Å². The van der Waals surface area contributed by atoms with Gasteiger partial charge in [0, 0.05) is 63.1 Å². The minimum atomic E-state index is 0.0582. The van der Waals surface area contributed by atoms with Gasteiger partial charge in [0.1, 0.15) is 45.3 Å². The maximum Gasteiger partial charge on any atom is 0.247 e. The number of fused-ring (bicyclic) bond motifs is 16. The molecule has 11 aromatic rings. The van der Waals surface area contributed by atoms with E-state index in [1.165, 1.54) is 71.9 Å². The predicted octanol–water partition coefficient (Wildman–Crippen LogP) is 12.0. The summed E-state index contributed by atoms with van der Waals surface area (Å²) in [7, 11) is 0. The zero-order chi connectivity index (χ0) is 41.6. The van der Waals surface area contributed by atoms with Gasteiger partial charge in [0.25, 0.3) is 0 Å². The molecule has 0 unspecified atom stereocenters. The summed E-state index contributed by atoms with van der Waals surface area (Å²) in [6.45, 7) is 0.116. The molecule has 0 atom stereocenters. The maximum absolute atomic E-state index is 6.89. The van der Waals surface area contributed by atoms with Crippen LogP contribution in [0.15, 0.2) is 218 Å². The van der Waals surface area contributed by atoms with E-state index in [4.69, 9.17) is 18.3 Å². The van der Waals surface area contributed by atoms with Crippen LogP contribution in [0.25, 0.3) is 43.9 Å². The lowest BCUT2D eigenvalue weighted by atomic mass is 9.33. The molecule has 298 valence electrons. The molecular formula is C54H28B2O4S4. The van der Waals surface area contributed by atoms with Crippen molar-refractivity contribution in [2.75, 3.05) is 0 Å². The van der Waals surface area contributed by atoms with E-state index >= 15 is 0 Å². The summed E-state index contributed by atoms with van der Waals surface area (Å²) in [4.78, 5) is 10.2. The van der Waals surface area contributed by atoms with Gasteiger partial charge in [0.05, 0.1) is 9.79 Å². The lowest BCUT2D eigenvalue weighted by Crippen LogP contribution is -2.62. The number of hydrogen-bond acceptors (Lipinski definition) is 8. The summed E-state index contributed by atoms with van der Waals surface area (Å²) in [5, 5.41) is 4.46. The van der Waals surface area contributed by atoms with Crippen LogP contribution in [0, 0.1) is 0 Å². The summed E-state index contributed by atoms with van der Waals surface area (Å²) in [5.41, 5.74) is 11.6. The molecule has 10 heteroatoms. The fourth-order valence-corrected chi connectivity index (χ4v) is 15.4. The van der Waals surface area contributed by atoms with Crippen molar-refractivity contribution >= 4 is 137 Å². The van der Waals surface area contributed by atoms with Gasteiger partial charge < -0.3 is 18.3 Å². The Labute approximate surface area is 384 Å². The highest BCUT2D eigenvalue weighted by atomic mass is 32.2. The smallest absolute Gasteiger partial charge is 0.247 e. The third-order valence-electron chi connectivity index (χ3n) is 13.0. The fourth-order valence-electron chi connectivity index (χ4n) is 10.3. The molecule has 0 saturated heterocycles. The molecule has 6 heterocycles. The standard InChI is InChI=1S/C54H28B2O4S4/c1-3-11-29(12-4-1)57-31-19-21-33-35-25-47-49-53(51(35)59-41(33)23-31)63-43-17-9-7-15-37(43)55(49)39-27-40-46(28-45(39)61-47)62-48-26-36-34-22-20-32(58-30-13-5-2-6-14-30)24-42(34)60-52(36)54-50(48)56(40)38-16-8-10-18-44(38)64-54/h1-28H. The molecule has 0 spiro atoms. The summed E-state index contributed by atoms with van der Waals surface area (Å²) in [6.07, 6.45) is 0. The minimum absolute atomic E-state index is 0.0582. The maximum atomic E-state index is 6.89. The Hall–Kier alpha value is -6.29. The number of benzene rings is 9. The summed E-state index contributed by atoms with van der Waals surface area (Å²) in [5.74, 6) is 3.12. The van der Waals surface area contributed by atoms with Crippen molar-refractivity contribution < 1.29 is 18.3 Å². The van der Waals surface area contributed by atoms with Crippen LogP contribution in [0.4, 0.5) is 0 Å². The molecule has 15 rings (SSSR count). The van der Waals surface area contributed by atoms with Crippen LogP contribution in [-0.4, -0.2) is 13.4 Å². The summed E-state index contributed by atoms with van der Waals surface area (Å²) < 4.78 is 26.3. The number of para-hydroxylation sites is 2. The van der Waals surface area contributed by atoms with E-state index in [2.05, 4.69) is 97.1 Å². The molecule has 9 aromatic carbocycles. The molecule has 4 nitrogen and oxygen atoms in total. The fraction of sp³-hybridized carbons (Fsp3) is 0. The largest absolute Gasteiger partial charge is 0.457 e. The van der Waals surface area contributed by atoms with E-state index in [1.54, 1.807) is 0 Å². The number of ether oxygens (including phenoxy) is 2. The van der Waals surface area contributed by atoms with E-state index in [1.807, 2.05) is 120 Å². The molecule has 0 radical (unpaired) electrons. The van der Waals surface area contributed by atoms with E-state index in [0.29, 0.717) is 0 Å². The number of rotatable bonds is 4. The van der Waals surface area contributed by atoms with Crippen molar-refractivity contribution in [3.8, 4) is 23.0 Å². The third kappa shape index (κ3) is 5.28. The molecule has 0 aliphatic carbocycles. The third-order valence-corrected chi connectivity index (χ3v) is 17.7. The minimum Gasteiger partial charge on any atom is -0.457 e. The molecule has 0 fully saturated rings. The first-order valence-electron chi connectivity index (χ1n) is 21.3. The lowest BCUT2D eigenvalue weighted by Gasteiger charge is -2.36. The van der Waals surface area contributed by atoms with Crippen molar-refractivity contribution in [2.45, 2.75) is 39.2 Å². The number of hydrogen-bond donors (Lipinski definition) is 0. The van der Waals surface area contributed by atoms with Crippen LogP contribution < -0.4 is 42.3 Å². The molecule has 0 N–H and O–H groups in total. The van der Waals surface area contributed by atoms with Gasteiger partial charge in [-0.25, -0.2) is 0 Å². The van der Waals surface area contributed by atoms with Gasteiger partial charge >= 0.3 is 0 Å². The normalized spacial score (nSPS) is 13.9. The highest BCUT2D eigenvalue weighted by molar-refractivity contribution is 8.02. The highest BCUT2D eigenvalue weighted by Gasteiger charge is 2.44. The first-order valence-corrected chi connectivity index (χ1v) is 24.5. The zero-order valence-corrected chi connectivity index (χ0v) is 36.9. The predicted molar refractivity (Wildman–Crippen MR) is 266 cm³/mol. The van der Waals surface area contributed by atoms with E-state index in [9.17, 15) is 0 Å². The van der Waals surface area contributed by atoms with Gasteiger partial charge in [0.2, 0.25) is 13.4 Å². The van der Waals surface area contributed by atoms with E-state index in [-0.39, 0.29) is 13.4 Å². The molecule has 64 heavy (non-hydrogen) atoms. The van der Waals surface area contributed by atoms with E-state index in [0.717, 1.165) is 66.9 Å². The Bertz CT molecular complexity index is 3580. The van der Waals surface area contributed by atoms with Crippen LogP contribution in [-0.2, 0) is 0 Å². The quantitative estimate of drug-likeness (QED) is 0.162. The van der Waals surface area contributed by atoms with Gasteiger partial charge in [-0.15, -0.1) is 0 Å². The van der Waals surface area contributed by atoms with Crippen molar-refractivity contribution in [3.63, 3.8) is 0 Å². The SMILES string of the molecule is c1ccc(Oc2ccc3c(c2)oc2c4c5c(cc23)Sc2cc3c(cc2B5c2ccccc2S4)B2c4ccccc4Sc4c2c(cc2c4oc4cc(Oc5ccccc5)ccc42)S3)cc1. The van der Waals surface area contributed by atoms with Crippen LogP contribution in [0.2, 0.25) is 0 Å². The van der Waals surface area contributed by atoms with Crippen molar-refractivity contribution in [3.05, 3.63) is 170 Å². The molecule has 2 aromatic heterocycles. The van der Waals surface area contributed by atoms with Crippen LogP contribution >= 0.6 is 47.0 Å². The van der Waals surface area contributed by atoms with Crippen molar-refractivity contribution in [1.29, 1.82) is 0 Å². The van der Waals surface area contributed by atoms with Crippen LogP contribution in [0.3, 0.4) is 0 Å². The Morgan fingerprint density at radius 2 is 0.781 bits per heavy atom. The van der Waals surface area contributed by atoms with Gasteiger partial charge in [-0.2, -0.15) is 0 Å². The molecular weight excluding hydrogens is 862 g/mol. The average molecular weight is 891 g/mol. The Balaban J connectivity index is 0.904. The molecule has 0 saturated carbocycles. The monoisotopic (exact) mass is 890 g/mol. The second kappa shape index (κ2) is 13.6. The average Bonchev–Trinajstić information content (AvgIpc) is 3.89. The van der Waals surface area contributed by atoms with E-state index < -0.39 is 0 Å². The van der Waals surface area contributed by atoms with Crippen LogP contribution in [0.5, 0.6) is 23.0 Å². The van der Waals surface area contributed by atoms with Gasteiger partial charge in [-0.05, 0) is 89.8 Å². The summed E-state index contributed by atoms with van der Waals surface area (Å²) >= 11 is 7.50. The second-order valence-corrected chi connectivity index (χ2v) is 20.9. The highest BCUT2D eigenvalue weighted by Crippen LogP contribution is 2.49. The van der Waals surface area contributed by atoms with Crippen molar-refractivity contribution in [2.24, 2.45) is 0 Å². The first kappa shape index (κ1) is 36.1. The molecule has 0 bridgehead atoms. The Morgan fingerprint density at radius 3 is 1.27 bits per heavy atom. The topological polar surface area (TPSA) is 44.7 Å². The van der Waals surface area contributed by atoms with Gasteiger partial charge in [0.15, 0.2) is 0 Å². The van der Waals surface area contributed by atoms with Crippen LogP contribution in [0.1, 0.15) is 0 Å².